The van der Waals surface area contributed by atoms with Crippen molar-refractivity contribution in [1.82, 2.24) is 10.6 Å². The molecule has 0 aliphatic heterocycles. The van der Waals surface area contributed by atoms with Crippen LogP contribution in [0.4, 0.5) is 0 Å². The highest BCUT2D eigenvalue weighted by molar-refractivity contribution is 9.26. The van der Waals surface area contributed by atoms with Crippen molar-refractivity contribution in [2.45, 2.75) is 47.0 Å². The minimum atomic E-state index is -0.417. The highest BCUT2D eigenvalue weighted by atomic mass is 79.9. The van der Waals surface area contributed by atoms with Gasteiger partial charge in [-0.15, -0.1) is 0 Å². The molecule has 23 heavy (non-hydrogen) atoms. The predicted molar refractivity (Wildman–Crippen MR) is 106 cm³/mol. The van der Waals surface area contributed by atoms with E-state index in [1.54, 1.807) is 0 Å². The maximum Gasteiger partial charge on any atom is 0.228 e. The van der Waals surface area contributed by atoms with Crippen LogP contribution in [0.3, 0.4) is 0 Å². The lowest BCUT2D eigenvalue weighted by molar-refractivity contribution is -0.126. The van der Waals surface area contributed by atoms with Crippen molar-refractivity contribution in [1.29, 1.82) is 0 Å². The Morgan fingerprint density at radius 2 is 1.13 bits per heavy atom. The molecule has 0 aromatic rings. The van der Waals surface area contributed by atoms with E-state index in [9.17, 15) is 9.59 Å². The summed E-state index contributed by atoms with van der Waals surface area (Å²) in [7, 11) is 0. The van der Waals surface area contributed by atoms with Crippen LogP contribution in [-0.4, -0.2) is 31.4 Å². The first kappa shape index (κ1) is 20.2. The molecule has 2 saturated carbocycles. The van der Waals surface area contributed by atoms with Crippen molar-refractivity contribution in [2.75, 3.05) is 13.1 Å². The normalized spacial score (nSPS) is 33.7. The summed E-state index contributed by atoms with van der Waals surface area (Å²) in [4.78, 5) is 24.6. The molecule has 0 aromatic carbocycles. The van der Waals surface area contributed by atoms with Gasteiger partial charge in [-0.3, -0.25) is 9.59 Å². The van der Waals surface area contributed by atoms with E-state index >= 15 is 0 Å². The molecule has 2 N–H and O–H groups in total. The van der Waals surface area contributed by atoms with E-state index in [1.807, 2.05) is 27.7 Å². The summed E-state index contributed by atoms with van der Waals surface area (Å²) >= 11 is 14.0. The molecule has 2 amide bonds. The molecular weight excluding hydrogens is 560 g/mol. The Morgan fingerprint density at radius 3 is 1.35 bits per heavy atom. The van der Waals surface area contributed by atoms with E-state index in [-0.39, 0.29) is 23.7 Å². The molecule has 0 bridgehead atoms. The molecule has 132 valence electrons. The molecule has 0 unspecified atom stereocenters. The van der Waals surface area contributed by atoms with Gasteiger partial charge in [0.1, 0.15) is 0 Å². The second-order valence-electron chi connectivity index (χ2n) is 7.96. The van der Waals surface area contributed by atoms with Gasteiger partial charge in [0.25, 0.3) is 0 Å². The zero-order chi connectivity index (χ0) is 17.9. The molecule has 0 saturated heterocycles. The number of nitrogens with one attached hydrogen (secondary N) is 2. The summed E-state index contributed by atoms with van der Waals surface area (Å²) in [5.74, 6) is 0.0551. The molecule has 2 atom stereocenters. The van der Waals surface area contributed by atoms with E-state index in [2.05, 4.69) is 74.4 Å². The van der Waals surface area contributed by atoms with Crippen molar-refractivity contribution >= 4 is 75.5 Å². The van der Waals surface area contributed by atoms with Crippen LogP contribution < -0.4 is 10.6 Å². The average molecular weight is 582 g/mol. The van der Waals surface area contributed by atoms with E-state index in [4.69, 9.17) is 0 Å². The number of amides is 2. The molecule has 8 heteroatoms. The van der Waals surface area contributed by atoms with E-state index < -0.39 is 10.8 Å². The monoisotopic (exact) mass is 578 g/mol. The number of halogens is 4. The lowest BCUT2D eigenvalue weighted by atomic mass is 9.92. The van der Waals surface area contributed by atoms with Crippen LogP contribution in [-0.2, 0) is 9.59 Å². The van der Waals surface area contributed by atoms with Gasteiger partial charge in [0.05, 0.1) is 17.3 Å². The third-order valence-electron chi connectivity index (χ3n) is 4.97. The summed E-state index contributed by atoms with van der Waals surface area (Å²) in [6, 6.07) is 0. The maximum absolute atomic E-state index is 12.3. The van der Waals surface area contributed by atoms with Crippen molar-refractivity contribution in [3.63, 3.8) is 0 Å². The van der Waals surface area contributed by atoms with Gasteiger partial charge in [0.15, 0.2) is 0 Å². The van der Waals surface area contributed by atoms with E-state index in [1.165, 1.54) is 0 Å². The first-order valence-corrected chi connectivity index (χ1v) is 10.7. The van der Waals surface area contributed by atoms with Crippen LogP contribution in [0.25, 0.3) is 0 Å². The standard InChI is InChI=1S/C15H22Br4N2O2/c1-11(2,7-20-9(22)12(3)5-14(12,16)17)8-21-10(23)13(4)6-15(13,18)19/h5-8H2,1-4H3,(H,20,22)(H,21,23)/t12-,13-/m1/s1. The summed E-state index contributed by atoms with van der Waals surface area (Å²) in [6.07, 6.45) is 1.53. The van der Waals surface area contributed by atoms with Crippen molar-refractivity contribution in [3.05, 3.63) is 0 Å². The van der Waals surface area contributed by atoms with Crippen molar-refractivity contribution < 1.29 is 9.59 Å². The largest absolute Gasteiger partial charge is 0.355 e. The SMILES string of the molecule is CC(C)(CNC(=O)[C@@]1(C)CC1(Br)Br)CNC(=O)[C@@]1(C)CC1(Br)Br. The third kappa shape index (κ3) is 3.85. The first-order chi connectivity index (χ1) is 10.2. The Hall–Kier alpha value is 0.860. The van der Waals surface area contributed by atoms with Gasteiger partial charge in [-0.25, -0.2) is 0 Å². The second-order valence-corrected chi connectivity index (χ2v) is 15.5. The fraction of sp³-hybridized carbons (Fsp3) is 0.867. The molecule has 0 spiro atoms. The van der Waals surface area contributed by atoms with Gasteiger partial charge in [0.2, 0.25) is 11.8 Å². The summed E-state index contributed by atoms with van der Waals surface area (Å²) in [5, 5.41) is 6.01. The fourth-order valence-corrected chi connectivity index (χ4v) is 5.35. The Balaban J connectivity index is 1.79. The molecule has 4 nitrogen and oxygen atoms in total. The van der Waals surface area contributed by atoms with Gasteiger partial charge in [-0.05, 0) is 32.1 Å². The molecule has 2 rings (SSSR count). The van der Waals surface area contributed by atoms with Gasteiger partial charge in [-0.1, -0.05) is 77.6 Å². The minimum Gasteiger partial charge on any atom is -0.355 e. The fourth-order valence-electron chi connectivity index (χ4n) is 2.38. The molecule has 0 radical (unpaired) electrons. The van der Waals surface area contributed by atoms with E-state index in [0.717, 1.165) is 12.8 Å². The van der Waals surface area contributed by atoms with Crippen LogP contribution in [0.15, 0.2) is 0 Å². The molecule has 2 fully saturated rings. The van der Waals surface area contributed by atoms with Crippen molar-refractivity contribution in [3.8, 4) is 0 Å². The topological polar surface area (TPSA) is 58.2 Å². The number of carbonyl (C=O) groups excluding carboxylic acids is 2. The molecular formula is C15H22Br4N2O2. The van der Waals surface area contributed by atoms with Crippen LogP contribution in [0, 0.1) is 16.2 Å². The zero-order valence-electron chi connectivity index (χ0n) is 13.7. The number of alkyl halides is 4. The second kappa shape index (κ2) is 5.95. The molecule has 2 aliphatic carbocycles. The third-order valence-corrected chi connectivity index (χ3v) is 9.59. The Kier molecular flexibility index (Phi) is 5.22. The van der Waals surface area contributed by atoms with Gasteiger partial charge >= 0.3 is 0 Å². The van der Waals surface area contributed by atoms with Crippen LogP contribution in [0.2, 0.25) is 0 Å². The summed E-state index contributed by atoms with van der Waals surface area (Å²) in [6.45, 7) is 8.96. The van der Waals surface area contributed by atoms with E-state index in [0.29, 0.717) is 13.1 Å². The zero-order valence-corrected chi connectivity index (χ0v) is 20.0. The van der Waals surface area contributed by atoms with Crippen molar-refractivity contribution in [2.24, 2.45) is 16.2 Å². The number of carbonyl (C=O) groups is 2. The Morgan fingerprint density at radius 1 is 0.870 bits per heavy atom. The van der Waals surface area contributed by atoms with Gasteiger partial charge < -0.3 is 10.6 Å². The average Bonchev–Trinajstić information content (AvgIpc) is 3.13. The lowest BCUT2D eigenvalue weighted by Crippen LogP contribution is -2.45. The number of hydrogen-bond acceptors (Lipinski definition) is 2. The van der Waals surface area contributed by atoms with Gasteiger partial charge in [-0.2, -0.15) is 0 Å². The Labute approximate surface area is 171 Å². The van der Waals surface area contributed by atoms with Crippen LogP contribution in [0.1, 0.15) is 40.5 Å². The van der Waals surface area contributed by atoms with Gasteiger partial charge in [0, 0.05) is 13.1 Å². The highest BCUT2D eigenvalue weighted by Gasteiger charge is 2.67. The molecule has 0 heterocycles. The number of hydrogen-bond donors (Lipinski definition) is 2. The highest BCUT2D eigenvalue weighted by Crippen LogP contribution is 2.67. The first-order valence-electron chi connectivity index (χ1n) is 7.49. The molecule has 2 aliphatic rings. The smallest absolute Gasteiger partial charge is 0.228 e. The summed E-state index contributed by atoms with van der Waals surface area (Å²) < 4.78 is -0.573. The minimum absolute atomic E-state index is 0.0275. The maximum atomic E-state index is 12.3. The lowest BCUT2D eigenvalue weighted by Gasteiger charge is -2.27. The quantitative estimate of drug-likeness (QED) is 0.466. The predicted octanol–water partition coefficient (Wildman–Crippen LogP) is 4.04. The Bertz CT molecular complexity index is 504. The van der Waals surface area contributed by atoms with Crippen LogP contribution in [0.5, 0.6) is 0 Å². The number of rotatable bonds is 6. The summed E-state index contributed by atoms with van der Waals surface area (Å²) in [5.41, 5.74) is -1.05. The van der Waals surface area contributed by atoms with Crippen LogP contribution >= 0.6 is 63.7 Å². The molecule has 0 aromatic heterocycles.